The van der Waals surface area contributed by atoms with E-state index in [-0.39, 0.29) is 5.91 Å². The van der Waals surface area contributed by atoms with E-state index in [0.29, 0.717) is 17.1 Å². The van der Waals surface area contributed by atoms with E-state index in [2.05, 4.69) is 11.9 Å². The molecule has 0 atom stereocenters. The van der Waals surface area contributed by atoms with Crippen molar-refractivity contribution in [2.45, 2.75) is 19.8 Å². The number of carbonyl (C=O) groups is 1. The van der Waals surface area contributed by atoms with Crippen molar-refractivity contribution in [2.24, 2.45) is 0 Å². The summed E-state index contributed by atoms with van der Waals surface area (Å²) >= 11 is 0. The zero-order valence-electron chi connectivity index (χ0n) is 10.6. The third-order valence-electron chi connectivity index (χ3n) is 2.54. The zero-order chi connectivity index (χ0) is 12.8. The maximum absolute atomic E-state index is 12.0. The van der Waals surface area contributed by atoms with Gasteiger partial charge in [0.2, 0.25) is 0 Å². The van der Waals surface area contributed by atoms with Crippen LogP contribution < -0.4 is 10.5 Å². The highest BCUT2D eigenvalue weighted by Gasteiger charge is 2.13. The Labute approximate surface area is 102 Å². The van der Waals surface area contributed by atoms with E-state index in [0.717, 1.165) is 19.4 Å². The molecule has 0 bridgehead atoms. The molecule has 2 N–H and O–H groups in total. The summed E-state index contributed by atoms with van der Waals surface area (Å²) in [5.41, 5.74) is 6.09. The fourth-order valence-corrected chi connectivity index (χ4v) is 1.45. The number of aromatic nitrogens is 1. The van der Waals surface area contributed by atoms with Gasteiger partial charge in [-0.15, -0.1) is 0 Å². The lowest BCUT2D eigenvalue weighted by molar-refractivity contribution is 0.0792. The average Bonchev–Trinajstić information content (AvgIpc) is 2.35. The molecular weight excluding hydrogens is 218 g/mol. The number of carbonyl (C=O) groups excluding carboxylic acids is 1. The van der Waals surface area contributed by atoms with Crippen molar-refractivity contribution in [3.8, 4) is 5.75 Å². The van der Waals surface area contributed by atoms with E-state index < -0.39 is 0 Å². The fourth-order valence-electron chi connectivity index (χ4n) is 1.45. The summed E-state index contributed by atoms with van der Waals surface area (Å²) in [6.07, 6.45) is 3.52. The number of rotatable bonds is 5. The predicted molar refractivity (Wildman–Crippen MR) is 67.1 cm³/mol. The minimum atomic E-state index is -0.0655. The molecule has 0 saturated carbocycles. The molecule has 0 aliphatic carbocycles. The number of methoxy groups -OCH3 is 1. The van der Waals surface area contributed by atoms with Crippen LogP contribution in [-0.2, 0) is 0 Å². The summed E-state index contributed by atoms with van der Waals surface area (Å²) in [4.78, 5) is 17.6. The molecular formula is C12H19N3O2. The molecule has 5 nitrogen and oxygen atoms in total. The van der Waals surface area contributed by atoms with Gasteiger partial charge in [0, 0.05) is 19.8 Å². The van der Waals surface area contributed by atoms with Gasteiger partial charge in [0.05, 0.1) is 12.7 Å². The second-order valence-electron chi connectivity index (χ2n) is 3.89. The lowest BCUT2D eigenvalue weighted by Crippen LogP contribution is -2.27. The van der Waals surface area contributed by atoms with Crippen molar-refractivity contribution >= 4 is 11.7 Å². The Morgan fingerprint density at radius 3 is 2.88 bits per heavy atom. The van der Waals surface area contributed by atoms with Crippen molar-refractivity contribution < 1.29 is 9.53 Å². The number of nitrogens with zero attached hydrogens (tertiary/aromatic N) is 2. The lowest BCUT2D eigenvalue weighted by atomic mass is 10.2. The van der Waals surface area contributed by atoms with Crippen LogP contribution in [0.1, 0.15) is 30.1 Å². The second kappa shape index (κ2) is 6.08. The smallest absolute Gasteiger partial charge is 0.255 e. The minimum Gasteiger partial charge on any atom is -0.493 e. The van der Waals surface area contributed by atoms with Gasteiger partial charge in [-0.2, -0.15) is 0 Å². The topological polar surface area (TPSA) is 68.5 Å². The molecule has 0 radical (unpaired) electrons. The van der Waals surface area contributed by atoms with Crippen LogP contribution in [0.3, 0.4) is 0 Å². The molecule has 0 aliphatic heterocycles. The Balaban J connectivity index is 2.81. The molecule has 0 saturated heterocycles. The van der Waals surface area contributed by atoms with Crippen LogP contribution in [-0.4, -0.2) is 36.5 Å². The van der Waals surface area contributed by atoms with E-state index in [1.807, 2.05) is 0 Å². The number of ether oxygens (including phenoxy) is 1. The van der Waals surface area contributed by atoms with E-state index in [1.165, 1.54) is 13.3 Å². The Hall–Kier alpha value is -1.78. The van der Waals surface area contributed by atoms with Crippen molar-refractivity contribution in [3.05, 3.63) is 17.8 Å². The molecule has 0 spiro atoms. The summed E-state index contributed by atoms with van der Waals surface area (Å²) in [7, 11) is 3.28. The quantitative estimate of drug-likeness (QED) is 0.843. The Morgan fingerprint density at radius 2 is 2.29 bits per heavy atom. The van der Waals surface area contributed by atoms with Crippen LogP contribution in [0.15, 0.2) is 12.3 Å². The van der Waals surface area contributed by atoms with Gasteiger partial charge in [-0.05, 0) is 12.5 Å². The van der Waals surface area contributed by atoms with Crippen LogP contribution >= 0.6 is 0 Å². The van der Waals surface area contributed by atoms with Gasteiger partial charge < -0.3 is 15.4 Å². The summed E-state index contributed by atoms with van der Waals surface area (Å²) in [5.74, 6) is 0.657. The Kier molecular flexibility index (Phi) is 4.75. The van der Waals surface area contributed by atoms with Gasteiger partial charge in [0.15, 0.2) is 11.6 Å². The van der Waals surface area contributed by atoms with Crippen LogP contribution in [0.25, 0.3) is 0 Å². The number of hydrogen-bond donors (Lipinski definition) is 1. The number of amides is 1. The molecule has 0 aromatic carbocycles. The van der Waals surface area contributed by atoms with E-state index >= 15 is 0 Å². The van der Waals surface area contributed by atoms with Crippen molar-refractivity contribution in [1.82, 2.24) is 9.88 Å². The average molecular weight is 237 g/mol. The van der Waals surface area contributed by atoms with Crippen molar-refractivity contribution in [1.29, 1.82) is 0 Å². The molecule has 1 aromatic heterocycles. The van der Waals surface area contributed by atoms with Crippen LogP contribution in [0, 0.1) is 0 Å². The van der Waals surface area contributed by atoms with E-state index in [9.17, 15) is 4.79 Å². The normalized spacial score (nSPS) is 10.1. The summed E-state index contributed by atoms with van der Waals surface area (Å²) < 4.78 is 5.04. The molecule has 1 amide bonds. The molecule has 5 heteroatoms. The predicted octanol–water partition coefficient (Wildman–Crippen LogP) is 1.54. The first-order chi connectivity index (χ1) is 8.10. The first-order valence-electron chi connectivity index (χ1n) is 5.65. The van der Waals surface area contributed by atoms with Crippen LogP contribution in [0.5, 0.6) is 5.75 Å². The van der Waals surface area contributed by atoms with Crippen molar-refractivity contribution in [2.75, 3.05) is 26.4 Å². The molecule has 1 rings (SSSR count). The van der Waals surface area contributed by atoms with E-state index in [1.54, 1.807) is 18.0 Å². The Morgan fingerprint density at radius 1 is 1.59 bits per heavy atom. The number of unbranched alkanes of at least 4 members (excludes halogenated alkanes) is 1. The number of anilines is 1. The fraction of sp³-hybridized carbons (Fsp3) is 0.500. The number of nitrogens with two attached hydrogens (primary N) is 1. The first-order valence-corrected chi connectivity index (χ1v) is 5.65. The zero-order valence-corrected chi connectivity index (χ0v) is 10.6. The molecule has 1 aromatic rings. The number of hydrogen-bond acceptors (Lipinski definition) is 4. The molecule has 17 heavy (non-hydrogen) atoms. The lowest BCUT2D eigenvalue weighted by Gasteiger charge is -2.17. The number of nitrogen functional groups attached to an aromatic ring is 1. The monoisotopic (exact) mass is 237 g/mol. The minimum absolute atomic E-state index is 0.0655. The van der Waals surface area contributed by atoms with Crippen molar-refractivity contribution in [3.63, 3.8) is 0 Å². The van der Waals surface area contributed by atoms with Gasteiger partial charge in [0.25, 0.3) is 5.91 Å². The molecule has 0 unspecified atom stereocenters. The van der Waals surface area contributed by atoms with Crippen LogP contribution in [0.4, 0.5) is 5.82 Å². The highest BCUT2D eigenvalue weighted by Crippen LogP contribution is 2.19. The maximum atomic E-state index is 12.0. The van der Waals surface area contributed by atoms with Gasteiger partial charge in [-0.25, -0.2) is 4.98 Å². The first kappa shape index (κ1) is 13.3. The highest BCUT2D eigenvalue weighted by atomic mass is 16.5. The maximum Gasteiger partial charge on any atom is 0.255 e. The molecule has 0 aliphatic rings. The van der Waals surface area contributed by atoms with Gasteiger partial charge in [-0.1, -0.05) is 13.3 Å². The van der Waals surface area contributed by atoms with Gasteiger partial charge >= 0.3 is 0 Å². The summed E-state index contributed by atoms with van der Waals surface area (Å²) in [6, 6.07) is 1.62. The SMILES string of the molecule is CCCCN(C)C(=O)c1cnc(N)c(OC)c1. The van der Waals surface area contributed by atoms with Gasteiger partial charge in [0.1, 0.15) is 0 Å². The highest BCUT2D eigenvalue weighted by molar-refractivity contribution is 5.94. The second-order valence-corrected chi connectivity index (χ2v) is 3.89. The summed E-state index contributed by atoms with van der Waals surface area (Å²) in [6.45, 7) is 2.83. The largest absolute Gasteiger partial charge is 0.493 e. The molecule has 0 fully saturated rings. The standard InChI is InChI=1S/C12H19N3O2/c1-4-5-6-15(2)12(16)9-7-10(17-3)11(13)14-8-9/h7-8H,4-6H2,1-3H3,(H2,13,14). The summed E-state index contributed by atoms with van der Waals surface area (Å²) in [5, 5.41) is 0. The molecule has 1 heterocycles. The molecule has 94 valence electrons. The Bertz CT molecular complexity index is 393. The third-order valence-corrected chi connectivity index (χ3v) is 2.54. The van der Waals surface area contributed by atoms with E-state index in [4.69, 9.17) is 10.5 Å². The van der Waals surface area contributed by atoms with Crippen LogP contribution in [0.2, 0.25) is 0 Å². The third kappa shape index (κ3) is 3.34. The van der Waals surface area contributed by atoms with Gasteiger partial charge in [-0.3, -0.25) is 4.79 Å². The number of pyridine rings is 1.